The van der Waals surface area contributed by atoms with E-state index in [1.807, 2.05) is 12.1 Å². The molecule has 7 nitrogen and oxygen atoms in total. The van der Waals surface area contributed by atoms with Crippen LogP contribution in [0.4, 0.5) is 4.39 Å². The molecule has 1 fully saturated rings. The van der Waals surface area contributed by atoms with Crippen LogP contribution < -0.4 is 4.74 Å². The largest absolute Gasteiger partial charge is 0.481 e. The van der Waals surface area contributed by atoms with Crippen molar-refractivity contribution >= 4 is 34.3 Å². The highest BCUT2D eigenvalue weighted by Crippen LogP contribution is 2.34. The van der Waals surface area contributed by atoms with Crippen molar-refractivity contribution < 1.29 is 23.9 Å². The number of halogens is 2. The SMILES string of the molecule is CC(=O)N(O)[C@H]1CCCN(C(=O)[C@@H](C)Oc2ccc3c(-c4ccc(F)cc4Cl)ccnc3c2)C1. The molecule has 1 N–H and O–H groups in total. The van der Waals surface area contributed by atoms with Crippen LogP contribution in [0.1, 0.15) is 26.7 Å². The molecule has 0 bridgehead atoms. The molecular weight excluding hydrogens is 461 g/mol. The molecule has 0 spiro atoms. The summed E-state index contributed by atoms with van der Waals surface area (Å²) in [7, 11) is 0. The number of benzene rings is 2. The minimum atomic E-state index is -0.768. The van der Waals surface area contributed by atoms with Gasteiger partial charge in [0.05, 0.1) is 16.6 Å². The second-order valence-corrected chi connectivity index (χ2v) is 8.77. The van der Waals surface area contributed by atoms with Gasteiger partial charge in [-0.25, -0.2) is 9.45 Å². The average Bonchev–Trinajstić information content (AvgIpc) is 2.82. The van der Waals surface area contributed by atoms with E-state index in [4.69, 9.17) is 16.3 Å². The van der Waals surface area contributed by atoms with E-state index < -0.39 is 23.9 Å². The van der Waals surface area contributed by atoms with E-state index in [1.165, 1.54) is 19.1 Å². The third-order valence-corrected chi connectivity index (χ3v) is 6.29. The number of amides is 2. The van der Waals surface area contributed by atoms with Crippen LogP contribution in [-0.2, 0) is 9.59 Å². The number of likely N-dealkylation sites (tertiary alicyclic amines) is 1. The third-order valence-electron chi connectivity index (χ3n) is 5.97. The number of aromatic nitrogens is 1. The van der Waals surface area contributed by atoms with Gasteiger partial charge in [-0.1, -0.05) is 11.6 Å². The zero-order valence-corrected chi connectivity index (χ0v) is 19.6. The number of fused-ring (bicyclic) bond motifs is 1. The summed E-state index contributed by atoms with van der Waals surface area (Å²) in [5.41, 5.74) is 2.14. The highest BCUT2D eigenvalue weighted by atomic mass is 35.5. The second-order valence-electron chi connectivity index (χ2n) is 8.37. The molecule has 0 aliphatic carbocycles. The number of hydrogen-bond donors (Lipinski definition) is 1. The first-order chi connectivity index (χ1) is 16.2. The predicted molar refractivity (Wildman–Crippen MR) is 126 cm³/mol. The van der Waals surface area contributed by atoms with E-state index in [-0.39, 0.29) is 12.5 Å². The molecule has 0 radical (unpaired) electrons. The molecule has 34 heavy (non-hydrogen) atoms. The van der Waals surface area contributed by atoms with Gasteiger partial charge >= 0.3 is 0 Å². The normalized spacial score (nSPS) is 16.9. The quantitative estimate of drug-likeness (QED) is 0.418. The van der Waals surface area contributed by atoms with Gasteiger partial charge in [0.25, 0.3) is 5.91 Å². The van der Waals surface area contributed by atoms with Crippen molar-refractivity contribution in [2.75, 3.05) is 13.1 Å². The first kappa shape index (κ1) is 23.9. The lowest BCUT2D eigenvalue weighted by Gasteiger charge is -2.36. The van der Waals surface area contributed by atoms with E-state index in [1.54, 1.807) is 36.2 Å². The summed E-state index contributed by atoms with van der Waals surface area (Å²) in [5.74, 6) is -0.603. The Morgan fingerprint density at radius 2 is 2.03 bits per heavy atom. The monoisotopic (exact) mass is 485 g/mol. The molecular formula is C25H25ClFN3O4. The summed E-state index contributed by atoms with van der Waals surface area (Å²) in [5, 5.41) is 11.8. The number of carbonyl (C=O) groups excluding carboxylic acids is 2. The molecule has 3 aromatic rings. The zero-order valence-electron chi connectivity index (χ0n) is 18.9. The molecule has 2 amide bonds. The van der Waals surface area contributed by atoms with E-state index in [2.05, 4.69) is 4.98 Å². The average molecular weight is 486 g/mol. The maximum absolute atomic E-state index is 13.5. The Hall–Kier alpha value is -3.23. The van der Waals surface area contributed by atoms with Crippen LogP contribution in [0.15, 0.2) is 48.7 Å². The number of ether oxygens (including phenoxy) is 1. The first-order valence-corrected chi connectivity index (χ1v) is 11.4. The van der Waals surface area contributed by atoms with Crippen molar-refractivity contribution in [2.24, 2.45) is 0 Å². The highest BCUT2D eigenvalue weighted by Gasteiger charge is 2.31. The number of hydrogen-bond acceptors (Lipinski definition) is 5. The molecule has 2 aromatic carbocycles. The van der Waals surface area contributed by atoms with Gasteiger partial charge in [0, 0.05) is 43.2 Å². The number of piperidine rings is 1. The van der Waals surface area contributed by atoms with Gasteiger partial charge in [0.1, 0.15) is 11.6 Å². The Labute approximate surface area is 201 Å². The Morgan fingerprint density at radius 1 is 1.24 bits per heavy atom. The zero-order chi connectivity index (χ0) is 24.4. The van der Waals surface area contributed by atoms with Crippen LogP contribution in [-0.4, -0.2) is 57.2 Å². The lowest BCUT2D eigenvalue weighted by atomic mass is 10.0. The molecule has 1 aromatic heterocycles. The fraction of sp³-hybridized carbons (Fsp3) is 0.320. The Bertz CT molecular complexity index is 1240. The molecule has 178 valence electrons. The van der Waals surface area contributed by atoms with Gasteiger partial charge in [-0.3, -0.25) is 19.8 Å². The second kappa shape index (κ2) is 9.95. The van der Waals surface area contributed by atoms with Crippen molar-refractivity contribution in [2.45, 2.75) is 38.8 Å². The Balaban J connectivity index is 1.51. The van der Waals surface area contributed by atoms with Crippen LogP contribution in [0.3, 0.4) is 0 Å². The van der Waals surface area contributed by atoms with Crippen molar-refractivity contribution in [1.29, 1.82) is 0 Å². The molecule has 1 aliphatic rings. The maximum atomic E-state index is 13.5. The molecule has 0 saturated carbocycles. The van der Waals surface area contributed by atoms with E-state index >= 15 is 0 Å². The molecule has 4 rings (SSSR count). The Kier molecular flexibility index (Phi) is 7.00. The standard InChI is InChI=1S/C25H25ClFN3O4/c1-15(25(32)29-11-3-4-18(14-29)30(33)16(2)31)34-19-6-8-22-20(9-10-28-24(22)13-19)21-7-5-17(27)12-23(21)26/h5-10,12-13,15,18,33H,3-4,11,14H2,1-2H3/t15-,18+/m1/s1. The number of rotatable bonds is 5. The van der Waals surface area contributed by atoms with Crippen molar-refractivity contribution in [3.05, 3.63) is 59.5 Å². The number of pyridine rings is 1. The maximum Gasteiger partial charge on any atom is 0.263 e. The van der Waals surface area contributed by atoms with Gasteiger partial charge in [-0.05, 0) is 61.7 Å². The number of carbonyl (C=O) groups is 2. The minimum absolute atomic E-state index is 0.221. The highest BCUT2D eigenvalue weighted by molar-refractivity contribution is 6.33. The predicted octanol–water partition coefficient (Wildman–Crippen LogP) is 4.69. The van der Waals surface area contributed by atoms with Crippen molar-refractivity contribution in [3.63, 3.8) is 0 Å². The van der Waals surface area contributed by atoms with Crippen LogP contribution in [0.25, 0.3) is 22.0 Å². The lowest BCUT2D eigenvalue weighted by molar-refractivity contribution is -0.179. The Morgan fingerprint density at radius 3 is 2.76 bits per heavy atom. The van der Waals surface area contributed by atoms with Crippen LogP contribution in [0.5, 0.6) is 5.75 Å². The van der Waals surface area contributed by atoms with Gasteiger partial charge in [0.2, 0.25) is 5.91 Å². The summed E-state index contributed by atoms with van der Waals surface area (Å²) in [6, 6.07) is 11.0. The molecule has 0 unspecified atom stereocenters. The fourth-order valence-corrected chi connectivity index (χ4v) is 4.54. The fourth-order valence-electron chi connectivity index (χ4n) is 4.27. The van der Waals surface area contributed by atoms with Gasteiger partial charge in [-0.2, -0.15) is 0 Å². The third kappa shape index (κ3) is 4.98. The van der Waals surface area contributed by atoms with E-state index in [0.29, 0.717) is 46.3 Å². The minimum Gasteiger partial charge on any atom is -0.481 e. The summed E-state index contributed by atoms with van der Waals surface area (Å²) >= 11 is 6.26. The number of nitrogens with zero attached hydrogens (tertiary/aromatic N) is 3. The molecule has 9 heteroatoms. The van der Waals surface area contributed by atoms with Crippen LogP contribution >= 0.6 is 11.6 Å². The lowest BCUT2D eigenvalue weighted by Crippen LogP contribution is -2.52. The molecule has 2 atom stereocenters. The smallest absolute Gasteiger partial charge is 0.263 e. The summed E-state index contributed by atoms with van der Waals surface area (Å²) in [6.07, 6.45) is 2.18. The van der Waals surface area contributed by atoms with Gasteiger partial charge in [0.15, 0.2) is 6.10 Å². The molecule has 2 heterocycles. The summed E-state index contributed by atoms with van der Waals surface area (Å²) < 4.78 is 19.4. The topological polar surface area (TPSA) is 83.0 Å². The van der Waals surface area contributed by atoms with Crippen LogP contribution in [0, 0.1) is 5.82 Å². The molecule has 1 saturated heterocycles. The van der Waals surface area contributed by atoms with Crippen molar-refractivity contribution in [3.8, 4) is 16.9 Å². The molecule has 1 aliphatic heterocycles. The van der Waals surface area contributed by atoms with Gasteiger partial charge < -0.3 is 9.64 Å². The van der Waals surface area contributed by atoms with Crippen molar-refractivity contribution in [1.82, 2.24) is 14.9 Å². The van der Waals surface area contributed by atoms with Gasteiger partial charge in [-0.15, -0.1) is 0 Å². The first-order valence-electron chi connectivity index (χ1n) is 11.0. The van der Waals surface area contributed by atoms with E-state index in [0.717, 1.165) is 10.9 Å². The summed E-state index contributed by atoms with van der Waals surface area (Å²) in [4.78, 5) is 30.4. The number of hydroxylamine groups is 2. The van der Waals surface area contributed by atoms with E-state index in [9.17, 15) is 19.2 Å². The van der Waals surface area contributed by atoms with Crippen LogP contribution in [0.2, 0.25) is 5.02 Å². The summed E-state index contributed by atoms with van der Waals surface area (Å²) in [6.45, 7) is 3.75.